The molecule has 1 fully saturated rings. The lowest BCUT2D eigenvalue weighted by Crippen LogP contribution is -2.38. The molecule has 7 heteroatoms. The Hall–Kier alpha value is -1.14. The Balaban J connectivity index is 0.00000132. The van der Waals surface area contributed by atoms with Crippen LogP contribution in [0.1, 0.15) is 28.9 Å². The Bertz CT molecular complexity index is 641. The number of nitrogens with two attached hydrogens (primary N) is 1. The Morgan fingerprint density at radius 3 is 2.61 bits per heavy atom. The van der Waals surface area contributed by atoms with Crippen LogP contribution in [0.15, 0.2) is 29.6 Å². The Kier molecular flexibility index (Phi) is 7.48. The first-order valence-corrected chi connectivity index (χ1v) is 8.08. The molecule has 0 spiro atoms. The van der Waals surface area contributed by atoms with Gasteiger partial charge in [-0.1, -0.05) is 29.8 Å². The van der Waals surface area contributed by atoms with Crippen LogP contribution in [0.3, 0.4) is 0 Å². The van der Waals surface area contributed by atoms with Crippen molar-refractivity contribution in [3.05, 3.63) is 40.9 Å². The topological polar surface area (TPSA) is 68.0 Å². The average molecular weight is 374 g/mol. The fraction of sp³-hybridized carbons (Fsp3) is 0.375. The van der Waals surface area contributed by atoms with Gasteiger partial charge in [-0.3, -0.25) is 4.79 Å². The van der Waals surface area contributed by atoms with E-state index in [4.69, 9.17) is 5.73 Å². The van der Waals surface area contributed by atoms with Crippen molar-refractivity contribution >= 4 is 42.1 Å². The predicted molar refractivity (Wildman–Crippen MR) is 99.8 cm³/mol. The predicted octanol–water partition coefficient (Wildman–Crippen LogP) is 3.43. The summed E-state index contributed by atoms with van der Waals surface area (Å²) in [6, 6.07) is 8.22. The summed E-state index contributed by atoms with van der Waals surface area (Å²) in [7, 11) is 0. The third kappa shape index (κ3) is 5.18. The average Bonchev–Trinajstić information content (AvgIpc) is 3.23. The standard InChI is InChI=1S/C16H19N3OS.2ClH/c1-10-2-4-12(5-3-10)16-19-14(9-21-16)15(20)18-8-13(17)11-6-7-11;;/h2-5,9,11,13H,6-8,17H2,1H3,(H,18,20);2*1H. The zero-order valence-electron chi connectivity index (χ0n) is 12.8. The molecule has 1 amide bonds. The molecule has 126 valence electrons. The van der Waals surface area contributed by atoms with Crippen molar-refractivity contribution in [1.82, 2.24) is 10.3 Å². The highest BCUT2D eigenvalue weighted by molar-refractivity contribution is 7.13. The molecule has 1 atom stereocenters. The van der Waals surface area contributed by atoms with E-state index in [1.165, 1.54) is 29.7 Å². The second-order valence-corrected chi connectivity index (χ2v) is 6.47. The minimum absolute atomic E-state index is 0. The lowest BCUT2D eigenvalue weighted by Gasteiger charge is -2.10. The quantitative estimate of drug-likeness (QED) is 0.843. The number of aryl methyl sites for hydroxylation is 1. The number of hydrogen-bond acceptors (Lipinski definition) is 4. The molecular weight excluding hydrogens is 353 g/mol. The summed E-state index contributed by atoms with van der Waals surface area (Å²) in [5.41, 5.74) is 8.71. The van der Waals surface area contributed by atoms with Crippen molar-refractivity contribution in [2.75, 3.05) is 6.54 Å². The number of halogens is 2. The number of aromatic nitrogens is 1. The van der Waals surface area contributed by atoms with E-state index in [9.17, 15) is 4.79 Å². The summed E-state index contributed by atoms with van der Waals surface area (Å²) in [6.45, 7) is 2.58. The largest absolute Gasteiger partial charge is 0.349 e. The summed E-state index contributed by atoms with van der Waals surface area (Å²) < 4.78 is 0. The number of rotatable bonds is 5. The maximum absolute atomic E-state index is 12.1. The van der Waals surface area contributed by atoms with Gasteiger partial charge in [0.1, 0.15) is 10.7 Å². The molecule has 3 N–H and O–H groups in total. The second-order valence-electron chi connectivity index (χ2n) is 5.62. The molecule has 1 aromatic heterocycles. The summed E-state index contributed by atoms with van der Waals surface area (Å²) in [4.78, 5) is 16.5. The Labute approximate surface area is 152 Å². The molecule has 23 heavy (non-hydrogen) atoms. The highest BCUT2D eigenvalue weighted by Gasteiger charge is 2.28. The maximum atomic E-state index is 12.1. The van der Waals surface area contributed by atoms with E-state index >= 15 is 0 Å². The molecule has 4 nitrogen and oxygen atoms in total. The van der Waals surface area contributed by atoms with Crippen molar-refractivity contribution in [2.45, 2.75) is 25.8 Å². The van der Waals surface area contributed by atoms with Gasteiger partial charge in [-0.15, -0.1) is 36.2 Å². The number of nitrogens with one attached hydrogen (secondary N) is 1. The molecule has 2 aromatic rings. The number of nitrogens with zero attached hydrogens (tertiary/aromatic N) is 1. The number of carbonyl (C=O) groups excluding carboxylic acids is 1. The minimum Gasteiger partial charge on any atom is -0.349 e. The number of benzene rings is 1. The van der Waals surface area contributed by atoms with Crippen molar-refractivity contribution in [2.24, 2.45) is 11.7 Å². The molecule has 1 aliphatic rings. The fourth-order valence-corrected chi connectivity index (χ4v) is 3.01. The number of thiazole rings is 1. The normalized spacial score (nSPS) is 14.3. The molecular formula is C16H21Cl2N3OS. The summed E-state index contributed by atoms with van der Waals surface area (Å²) in [5.74, 6) is 0.449. The van der Waals surface area contributed by atoms with E-state index in [0.29, 0.717) is 18.2 Å². The van der Waals surface area contributed by atoms with Gasteiger partial charge in [-0.25, -0.2) is 4.98 Å². The van der Waals surface area contributed by atoms with E-state index in [-0.39, 0.29) is 36.8 Å². The van der Waals surface area contributed by atoms with E-state index in [1.807, 2.05) is 31.2 Å². The van der Waals surface area contributed by atoms with Gasteiger partial charge in [0.05, 0.1) is 0 Å². The van der Waals surface area contributed by atoms with E-state index in [1.54, 1.807) is 5.38 Å². The zero-order chi connectivity index (χ0) is 14.8. The van der Waals surface area contributed by atoms with E-state index in [0.717, 1.165) is 10.6 Å². The molecule has 1 aliphatic carbocycles. The van der Waals surface area contributed by atoms with Crippen LogP contribution in [-0.4, -0.2) is 23.5 Å². The number of amides is 1. The van der Waals surface area contributed by atoms with Crippen LogP contribution >= 0.6 is 36.2 Å². The van der Waals surface area contributed by atoms with Crippen molar-refractivity contribution in [3.8, 4) is 10.6 Å². The first-order chi connectivity index (χ1) is 10.1. The molecule has 3 rings (SSSR count). The lowest BCUT2D eigenvalue weighted by molar-refractivity contribution is 0.0946. The third-order valence-corrected chi connectivity index (χ3v) is 4.65. The molecule has 1 saturated carbocycles. The molecule has 1 heterocycles. The highest BCUT2D eigenvalue weighted by Crippen LogP contribution is 2.31. The third-order valence-electron chi connectivity index (χ3n) is 3.76. The smallest absolute Gasteiger partial charge is 0.270 e. The number of carbonyl (C=O) groups is 1. The monoisotopic (exact) mass is 373 g/mol. The molecule has 0 bridgehead atoms. The Morgan fingerprint density at radius 1 is 1.35 bits per heavy atom. The minimum atomic E-state index is -0.138. The van der Waals surface area contributed by atoms with Crippen LogP contribution in [0.2, 0.25) is 0 Å². The van der Waals surface area contributed by atoms with Gasteiger partial charge >= 0.3 is 0 Å². The number of hydrogen-bond donors (Lipinski definition) is 2. The van der Waals surface area contributed by atoms with Crippen molar-refractivity contribution in [3.63, 3.8) is 0 Å². The molecule has 0 radical (unpaired) electrons. The van der Waals surface area contributed by atoms with Crippen LogP contribution in [0, 0.1) is 12.8 Å². The van der Waals surface area contributed by atoms with Gasteiger partial charge < -0.3 is 11.1 Å². The van der Waals surface area contributed by atoms with Gasteiger partial charge in [-0.05, 0) is 25.7 Å². The van der Waals surface area contributed by atoms with E-state index < -0.39 is 0 Å². The van der Waals surface area contributed by atoms with Crippen LogP contribution < -0.4 is 11.1 Å². The molecule has 1 unspecified atom stereocenters. The maximum Gasteiger partial charge on any atom is 0.270 e. The lowest BCUT2D eigenvalue weighted by atomic mass is 10.2. The molecule has 0 saturated heterocycles. The van der Waals surface area contributed by atoms with Gasteiger partial charge in [0, 0.05) is 23.5 Å². The van der Waals surface area contributed by atoms with Gasteiger partial charge in [0.25, 0.3) is 5.91 Å². The highest BCUT2D eigenvalue weighted by atomic mass is 35.5. The van der Waals surface area contributed by atoms with Crippen LogP contribution in [0.5, 0.6) is 0 Å². The summed E-state index contributed by atoms with van der Waals surface area (Å²) in [5, 5.41) is 5.54. The van der Waals surface area contributed by atoms with Crippen LogP contribution in [0.25, 0.3) is 10.6 Å². The van der Waals surface area contributed by atoms with Crippen molar-refractivity contribution < 1.29 is 4.79 Å². The van der Waals surface area contributed by atoms with E-state index in [2.05, 4.69) is 10.3 Å². The van der Waals surface area contributed by atoms with Gasteiger partial charge in [0.2, 0.25) is 0 Å². The first kappa shape index (κ1) is 19.9. The van der Waals surface area contributed by atoms with Gasteiger partial charge in [-0.2, -0.15) is 0 Å². The van der Waals surface area contributed by atoms with Crippen LogP contribution in [0.4, 0.5) is 0 Å². The van der Waals surface area contributed by atoms with Gasteiger partial charge in [0.15, 0.2) is 0 Å². The van der Waals surface area contributed by atoms with Crippen molar-refractivity contribution in [1.29, 1.82) is 0 Å². The Morgan fingerprint density at radius 2 is 2.00 bits per heavy atom. The summed E-state index contributed by atoms with van der Waals surface area (Å²) >= 11 is 1.49. The molecule has 1 aromatic carbocycles. The zero-order valence-corrected chi connectivity index (χ0v) is 15.3. The second kappa shape index (κ2) is 8.64. The first-order valence-electron chi connectivity index (χ1n) is 7.20. The van der Waals surface area contributed by atoms with Crippen LogP contribution in [-0.2, 0) is 0 Å². The summed E-state index contributed by atoms with van der Waals surface area (Å²) in [6.07, 6.45) is 2.37. The molecule has 0 aliphatic heterocycles. The SMILES string of the molecule is Cc1ccc(-c2nc(C(=O)NCC(N)C3CC3)cs2)cc1.Cl.Cl. The fourth-order valence-electron chi connectivity index (χ4n) is 2.20.